The predicted molar refractivity (Wildman–Crippen MR) is 96.2 cm³/mol. The van der Waals surface area contributed by atoms with Gasteiger partial charge in [-0.2, -0.15) is 9.61 Å². The van der Waals surface area contributed by atoms with Crippen molar-refractivity contribution in [2.24, 2.45) is 5.92 Å². The Bertz CT molecular complexity index is 949. The Hall–Kier alpha value is -2.43. The zero-order valence-corrected chi connectivity index (χ0v) is 14.4. The molecular formula is C20H22FN3O. The first-order chi connectivity index (χ1) is 12.1. The van der Waals surface area contributed by atoms with E-state index in [1.54, 1.807) is 18.2 Å². The van der Waals surface area contributed by atoms with E-state index in [0.29, 0.717) is 11.6 Å². The molecule has 0 unspecified atom stereocenters. The third kappa shape index (κ3) is 3.11. The van der Waals surface area contributed by atoms with E-state index in [1.165, 1.54) is 48.8 Å². The molecule has 0 spiro atoms. The highest BCUT2D eigenvalue weighted by atomic mass is 19.1. The minimum absolute atomic E-state index is 0.115. The van der Waals surface area contributed by atoms with Crippen LogP contribution >= 0.6 is 0 Å². The van der Waals surface area contributed by atoms with Crippen LogP contribution in [0.5, 0.6) is 0 Å². The van der Waals surface area contributed by atoms with Crippen molar-refractivity contribution in [1.82, 2.24) is 14.6 Å². The van der Waals surface area contributed by atoms with Gasteiger partial charge in [0.05, 0.1) is 5.69 Å². The second kappa shape index (κ2) is 6.47. The molecule has 0 amide bonds. The number of fused-ring (bicyclic) bond motifs is 1. The van der Waals surface area contributed by atoms with Crippen LogP contribution < -0.4 is 5.56 Å². The summed E-state index contributed by atoms with van der Waals surface area (Å²) in [4.78, 5) is 15.9. The molecule has 0 bridgehead atoms. The summed E-state index contributed by atoms with van der Waals surface area (Å²) < 4.78 is 14.7. The number of hydrogen-bond acceptors (Lipinski definition) is 2. The van der Waals surface area contributed by atoms with Crippen molar-refractivity contribution in [3.05, 3.63) is 57.9 Å². The molecule has 1 N–H and O–H groups in total. The molecule has 4 nitrogen and oxygen atoms in total. The molecule has 4 rings (SSSR count). The second-order valence-electron chi connectivity index (χ2n) is 7.07. The summed E-state index contributed by atoms with van der Waals surface area (Å²) >= 11 is 0. The average Bonchev–Trinajstić information content (AvgIpc) is 2.93. The average molecular weight is 339 g/mol. The Kier molecular flexibility index (Phi) is 4.15. The maximum Gasteiger partial charge on any atom is 0.274 e. The summed E-state index contributed by atoms with van der Waals surface area (Å²) in [6.45, 7) is 1.87. The monoisotopic (exact) mass is 339 g/mol. The Morgan fingerprint density at radius 3 is 2.64 bits per heavy atom. The lowest BCUT2D eigenvalue weighted by Crippen LogP contribution is -2.18. The van der Waals surface area contributed by atoms with Crippen LogP contribution in [0.25, 0.3) is 16.8 Å². The molecule has 0 atom stereocenters. The lowest BCUT2D eigenvalue weighted by atomic mass is 9.86. The first-order valence-corrected chi connectivity index (χ1v) is 8.99. The summed E-state index contributed by atoms with van der Waals surface area (Å²) in [6, 6.07) is 7.99. The zero-order valence-electron chi connectivity index (χ0n) is 14.4. The van der Waals surface area contributed by atoms with E-state index in [-0.39, 0.29) is 11.4 Å². The van der Waals surface area contributed by atoms with E-state index >= 15 is 0 Å². The van der Waals surface area contributed by atoms with Gasteiger partial charge < -0.3 is 4.98 Å². The van der Waals surface area contributed by atoms with E-state index in [4.69, 9.17) is 0 Å². The number of aromatic amines is 1. The molecule has 1 aromatic carbocycles. The minimum atomic E-state index is -0.274. The molecule has 5 heteroatoms. The number of nitrogens with zero attached hydrogens (tertiary/aromatic N) is 2. The highest BCUT2D eigenvalue weighted by Crippen LogP contribution is 2.29. The van der Waals surface area contributed by atoms with Crippen molar-refractivity contribution in [2.75, 3.05) is 0 Å². The van der Waals surface area contributed by atoms with Crippen LogP contribution in [0.15, 0.2) is 35.1 Å². The van der Waals surface area contributed by atoms with Crippen LogP contribution in [0.4, 0.5) is 4.39 Å². The van der Waals surface area contributed by atoms with Crippen LogP contribution in [0.1, 0.15) is 43.5 Å². The molecule has 3 aromatic rings. The number of aryl methyl sites for hydroxylation is 1. The molecular weight excluding hydrogens is 317 g/mol. The molecule has 0 radical (unpaired) electrons. The molecule has 1 fully saturated rings. The van der Waals surface area contributed by atoms with Crippen LogP contribution in [-0.2, 0) is 6.42 Å². The van der Waals surface area contributed by atoms with Gasteiger partial charge in [0.25, 0.3) is 5.56 Å². The van der Waals surface area contributed by atoms with Crippen LogP contribution in [-0.4, -0.2) is 14.6 Å². The molecule has 1 saturated carbocycles. The predicted octanol–water partition coefficient (Wildman–Crippen LogP) is 4.26. The molecule has 130 valence electrons. The molecule has 0 saturated heterocycles. The van der Waals surface area contributed by atoms with Gasteiger partial charge in [0.1, 0.15) is 11.5 Å². The summed E-state index contributed by atoms with van der Waals surface area (Å²) in [7, 11) is 0. The van der Waals surface area contributed by atoms with Crippen molar-refractivity contribution in [3.8, 4) is 11.1 Å². The van der Waals surface area contributed by atoms with Crippen LogP contribution in [0, 0.1) is 18.7 Å². The fraction of sp³-hybridized carbons (Fsp3) is 0.400. The largest absolute Gasteiger partial charge is 0.343 e. The van der Waals surface area contributed by atoms with Gasteiger partial charge in [-0.05, 0) is 37.0 Å². The molecule has 1 aliphatic carbocycles. The summed E-state index contributed by atoms with van der Waals surface area (Å²) in [5.74, 6) is 0.370. The van der Waals surface area contributed by atoms with Crippen molar-refractivity contribution < 1.29 is 4.39 Å². The van der Waals surface area contributed by atoms with E-state index in [9.17, 15) is 9.18 Å². The molecule has 1 aliphatic rings. The Balaban J connectivity index is 1.79. The standard InChI is InChI=1S/C20H22FN3O/c1-13-19(15-7-9-16(21)10-8-15)20-22-17(12-18(25)24(20)23-13)11-14-5-3-2-4-6-14/h7-10,12,14,22H,2-6,11H2,1H3. The zero-order chi connectivity index (χ0) is 17.4. The number of hydrogen-bond donors (Lipinski definition) is 1. The van der Waals surface area contributed by atoms with E-state index < -0.39 is 0 Å². The number of nitrogens with one attached hydrogen (secondary N) is 1. The topological polar surface area (TPSA) is 50.2 Å². The Morgan fingerprint density at radius 1 is 1.20 bits per heavy atom. The van der Waals surface area contributed by atoms with Gasteiger partial charge in [0.15, 0.2) is 0 Å². The third-order valence-corrected chi connectivity index (χ3v) is 5.21. The highest BCUT2D eigenvalue weighted by Gasteiger charge is 2.18. The minimum Gasteiger partial charge on any atom is -0.343 e. The van der Waals surface area contributed by atoms with E-state index in [1.807, 2.05) is 6.92 Å². The quantitative estimate of drug-likeness (QED) is 0.775. The normalized spacial score (nSPS) is 15.8. The number of aromatic nitrogens is 3. The Morgan fingerprint density at radius 2 is 1.92 bits per heavy atom. The molecule has 2 heterocycles. The number of benzene rings is 1. The number of halogens is 1. The highest BCUT2D eigenvalue weighted by molar-refractivity contribution is 5.79. The fourth-order valence-corrected chi connectivity index (χ4v) is 3.97. The first-order valence-electron chi connectivity index (χ1n) is 8.99. The van der Waals surface area contributed by atoms with Crippen LogP contribution in [0.3, 0.4) is 0 Å². The van der Waals surface area contributed by atoms with Gasteiger partial charge in [-0.15, -0.1) is 0 Å². The van der Waals surface area contributed by atoms with Crippen LogP contribution in [0.2, 0.25) is 0 Å². The third-order valence-electron chi connectivity index (χ3n) is 5.21. The SMILES string of the molecule is Cc1nn2c(=O)cc(CC3CCCCC3)[nH]c2c1-c1ccc(F)cc1. The number of rotatable bonds is 3. The molecule has 25 heavy (non-hydrogen) atoms. The van der Waals surface area contributed by atoms with Crippen molar-refractivity contribution in [1.29, 1.82) is 0 Å². The van der Waals surface area contributed by atoms with Gasteiger partial charge in [-0.1, -0.05) is 44.2 Å². The molecule has 0 aliphatic heterocycles. The van der Waals surface area contributed by atoms with Gasteiger partial charge in [-0.3, -0.25) is 4.79 Å². The fourth-order valence-electron chi connectivity index (χ4n) is 3.97. The van der Waals surface area contributed by atoms with Gasteiger partial charge in [-0.25, -0.2) is 4.39 Å². The van der Waals surface area contributed by atoms with Gasteiger partial charge in [0, 0.05) is 17.3 Å². The first kappa shape index (κ1) is 16.1. The maximum atomic E-state index is 13.3. The Labute approximate surface area is 145 Å². The van der Waals surface area contributed by atoms with Gasteiger partial charge >= 0.3 is 0 Å². The number of H-pyrrole nitrogens is 1. The maximum absolute atomic E-state index is 13.3. The second-order valence-corrected chi connectivity index (χ2v) is 7.07. The van der Waals surface area contributed by atoms with Crippen molar-refractivity contribution in [2.45, 2.75) is 45.4 Å². The van der Waals surface area contributed by atoms with Gasteiger partial charge in [0.2, 0.25) is 0 Å². The molecule has 2 aromatic heterocycles. The van der Waals surface area contributed by atoms with Crippen molar-refractivity contribution >= 4 is 5.65 Å². The smallest absolute Gasteiger partial charge is 0.274 e. The summed E-state index contributed by atoms with van der Waals surface area (Å²) in [5.41, 5.74) is 4.03. The van der Waals surface area contributed by atoms with E-state index in [0.717, 1.165) is 28.9 Å². The summed E-state index contributed by atoms with van der Waals surface area (Å²) in [5, 5.41) is 4.38. The lowest BCUT2D eigenvalue weighted by Gasteiger charge is -2.21. The van der Waals surface area contributed by atoms with E-state index in [2.05, 4.69) is 10.1 Å². The van der Waals surface area contributed by atoms with Crippen molar-refractivity contribution in [3.63, 3.8) is 0 Å². The summed E-state index contributed by atoms with van der Waals surface area (Å²) in [6.07, 6.45) is 7.25. The lowest BCUT2D eigenvalue weighted by molar-refractivity contribution is 0.354.